The number of aryl methyl sites for hydroxylation is 1. The van der Waals surface area contributed by atoms with Gasteiger partial charge in [0, 0.05) is 18.7 Å². The molecular formula is C36H44N2O4. The SMILES string of the molecule is CC(C)(C)c1ccc(CCCCOCc2cccc(C=Cc3cccc(NC(=O)CC4(C(=O)O)CCCC4)c3)n2)cc1. The van der Waals surface area contributed by atoms with Crippen LogP contribution in [0, 0.1) is 5.41 Å². The largest absolute Gasteiger partial charge is 0.481 e. The number of benzene rings is 2. The molecule has 6 heteroatoms. The second kappa shape index (κ2) is 14.4. The lowest BCUT2D eigenvalue weighted by Gasteiger charge is -2.22. The van der Waals surface area contributed by atoms with Crippen molar-refractivity contribution < 1.29 is 19.4 Å². The fraction of sp³-hybridized carbons (Fsp3) is 0.417. The zero-order valence-corrected chi connectivity index (χ0v) is 25.2. The Hall–Kier alpha value is -3.77. The van der Waals surface area contributed by atoms with Crippen molar-refractivity contribution in [3.63, 3.8) is 0 Å². The van der Waals surface area contributed by atoms with Gasteiger partial charge in [-0.3, -0.25) is 14.6 Å². The number of carbonyl (C=O) groups is 2. The normalized spacial score (nSPS) is 14.7. The second-order valence-corrected chi connectivity index (χ2v) is 12.5. The van der Waals surface area contributed by atoms with Gasteiger partial charge < -0.3 is 15.2 Å². The number of amides is 1. The van der Waals surface area contributed by atoms with Crippen LogP contribution in [0.25, 0.3) is 12.2 Å². The monoisotopic (exact) mass is 568 g/mol. The van der Waals surface area contributed by atoms with Gasteiger partial charge in [0.1, 0.15) is 0 Å². The van der Waals surface area contributed by atoms with Crippen molar-refractivity contribution in [2.45, 2.75) is 84.2 Å². The van der Waals surface area contributed by atoms with Gasteiger partial charge in [-0.1, -0.05) is 82.2 Å². The van der Waals surface area contributed by atoms with Crippen molar-refractivity contribution in [3.8, 4) is 0 Å². The van der Waals surface area contributed by atoms with Crippen molar-refractivity contribution in [1.82, 2.24) is 4.98 Å². The summed E-state index contributed by atoms with van der Waals surface area (Å²) in [6.07, 6.45) is 9.87. The molecule has 0 atom stereocenters. The Morgan fingerprint density at radius 2 is 1.71 bits per heavy atom. The van der Waals surface area contributed by atoms with Crippen LogP contribution in [0.4, 0.5) is 5.69 Å². The van der Waals surface area contributed by atoms with Gasteiger partial charge in [0.2, 0.25) is 5.91 Å². The summed E-state index contributed by atoms with van der Waals surface area (Å²) in [6, 6.07) is 22.4. The highest BCUT2D eigenvalue weighted by Gasteiger charge is 2.42. The van der Waals surface area contributed by atoms with Crippen LogP contribution >= 0.6 is 0 Å². The highest BCUT2D eigenvalue weighted by atomic mass is 16.5. The topological polar surface area (TPSA) is 88.5 Å². The number of anilines is 1. The lowest BCUT2D eigenvalue weighted by molar-refractivity contribution is -0.150. The Morgan fingerprint density at radius 3 is 2.43 bits per heavy atom. The molecule has 0 unspecified atom stereocenters. The minimum absolute atomic E-state index is 0.00658. The van der Waals surface area contributed by atoms with Crippen molar-refractivity contribution in [2.24, 2.45) is 5.41 Å². The molecule has 42 heavy (non-hydrogen) atoms. The van der Waals surface area contributed by atoms with Crippen LogP contribution in [0.15, 0.2) is 66.7 Å². The van der Waals surface area contributed by atoms with E-state index in [2.05, 4.69) is 50.4 Å². The molecule has 1 aliphatic rings. The predicted octanol–water partition coefficient (Wildman–Crippen LogP) is 8.06. The van der Waals surface area contributed by atoms with Crippen LogP contribution in [0.5, 0.6) is 0 Å². The Kier molecular flexibility index (Phi) is 10.7. The molecule has 6 nitrogen and oxygen atoms in total. The Labute approximate surface area is 250 Å². The summed E-state index contributed by atoms with van der Waals surface area (Å²) in [5, 5.41) is 12.5. The minimum atomic E-state index is -0.930. The van der Waals surface area contributed by atoms with Crippen LogP contribution in [0.1, 0.15) is 93.8 Å². The molecule has 1 fully saturated rings. The Bertz CT molecular complexity index is 1370. The van der Waals surface area contributed by atoms with Crippen LogP contribution < -0.4 is 5.32 Å². The van der Waals surface area contributed by atoms with Gasteiger partial charge >= 0.3 is 5.97 Å². The third-order valence-corrected chi connectivity index (χ3v) is 8.03. The van der Waals surface area contributed by atoms with Crippen LogP contribution in [0.3, 0.4) is 0 Å². The molecule has 1 aliphatic carbocycles. The quantitative estimate of drug-likeness (QED) is 0.204. The zero-order chi connectivity index (χ0) is 30.0. The molecule has 0 bridgehead atoms. The van der Waals surface area contributed by atoms with E-state index in [0.29, 0.717) is 31.7 Å². The summed E-state index contributed by atoms with van der Waals surface area (Å²) in [6.45, 7) is 7.89. The van der Waals surface area contributed by atoms with E-state index >= 15 is 0 Å². The van der Waals surface area contributed by atoms with E-state index in [4.69, 9.17) is 9.72 Å². The van der Waals surface area contributed by atoms with E-state index < -0.39 is 11.4 Å². The maximum Gasteiger partial charge on any atom is 0.310 e. The van der Waals surface area contributed by atoms with E-state index in [1.54, 1.807) is 0 Å². The number of carboxylic acid groups (broad SMARTS) is 1. The van der Waals surface area contributed by atoms with E-state index in [9.17, 15) is 14.7 Å². The number of nitrogens with zero attached hydrogens (tertiary/aromatic N) is 1. The molecule has 0 spiro atoms. The van der Waals surface area contributed by atoms with Crippen LogP contribution in [0.2, 0.25) is 0 Å². The number of aromatic nitrogens is 1. The molecular weight excluding hydrogens is 524 g/mol. The number of hydrogen-bond acceptors (Lipinski definition) is 4. The molecule has 3 aromatic rings. The van der Waals surface area contributed by atoms with E-state index in [1.807, 2.05) is 54.6 Å². The lowest BCUT2D eigenvalue weighted by atomic mass is 9.82. The molecule has 4 rings (SSSR count). The zero-order valence-electron chi connectivity index (χ0n) is 25.2. The first-order chi connectivity index (χ1) is 20.1. The molecule has 0 aliphatic heterocycles. The highest BCUT2D eigenvalue weighted by Crippen LogP contribution is 2.41. The average molecular weight is 569 g/mol. The van der Waals surface area contributed by atoms with Crippen molar-refractivity contribution in [1.29, 1.82) is 0 Å². The first kappa shape index (κ1) is 31.2. The first-order valence-corrected chi connectivity index (χ1v) is 15.1. The molecule has 0 radical (unpaired) electrons. The maximum absolute atomic E-state index is 12.6. The highest BCUT2D eigenvalue weighted by molar-refractivity contribution is 5.94. The number of hydrogen-bond donors (Lipinski definition) is 2. The average Bonchev–Trinajstić information content (AvgIpc) is 3.44. The smallest absolute Gasteiger partial charge is 0.310 e. The summed E-state index contributed by atoms with van der Waals surface area (Å²) >= 11 is 0. The number of rotatable bonds is 13. The predicted molar refractivity (Wildman–Crippen MR) is 169 cm³/mol. The van der Waals surface area contributed by atoms with Crippen molar-refractivity contribution in [2.75, 3.05) is 11.9 Å². The summed E-state index contributed by atoms with van der Waals surface area (Å²) in [7, 11) is 0. The Balaban J connectivity index is 1.21. The van der Waals surface area contributed by atoms with Gasteiger partial charge in [-0.2, -0.15) is 0 Å². The molecule has 1 heterocycles. The number of pyridine rings is 1. The molecule has 1 amide bonds. The summed E-state index contributed by atoms with van der Waals surface area (Å²) in [4.78, 5) is 29.1. The van der Waals surface area contributed by atoms with Crippen LogP contribution in [-0.4, -0.2) is 28.6 Å². The number of ether oxygens (including phenoxy) is 1. The molecule has 0 saturated heterocycles. The summed E-state index contributed by atoms with van der Waals surface area (Å²) in [5.41, 5.74) is 5.26. The van der Waals surface area contributed by atoms with Gasteiger partial charge in [0.05, 0.1) is 23.4 Å². The maximum atomic E-state index is 12.6. The van der Waals surface area contributed by atoms with E-state index in [-0.39, 0.29) is 17.7 Å². The molecule has 2 aromatic carbocycles. The fourth-order valence-electron chi connectivity index (χ4n) is 5.48. The van der Waals surface area contributed by atoms with Gasteiger partial charge in [-0.15, -0.1) is 0 Å². The third kappa shape index (κ3) is 9.12. The molecule has 2 N–H and O–H groups in total. The first-order valence-electron chi connectivity index (χ1n) is 15.1. The summed E-state index contributed by atoms with van der Waals surface area (Å²) < 4.78 is 5.90. The number of unbranched alkanes of at least 4 members (excludes halogenated alkanes) is 1. The number of carboxylic acids is 1. The standard InChI is InChI=1S/C36H44N2O4/c1-35(2,3)29-18-15-27(16-19-29)10-4-7-23-42-26-32-14-9-12-30(37-32)20-17-28-11-8-13-31(24-28)38-33(39)25-36(34(40)41)21-5-6-22-36/h8-9,11-20,24H,4-7,10,21-23,25-26H2,1-3H3,(H,38,39)(H,40,41). The van der Waals surface area contributed by atoms with Gasteiger partial charge in [-0.25, -0.2) is 0 Å². The van der Waals surface area contributed by atoms with Gasteiger partial charge in [0.25, 0.3) is 0 Å². The molecule has 1 saturated carbocycles. The molecule has 1 aromatic heterocycles. The lowest BCUT2D eigenvalue weighted by Crippen LogP contribution is -2.32. The van der Waals surface area contributed by atoms with Crippen LogP contribution in [-0.2, 0) is 32.8 Å². The molecule has 222 valence electrons. The van der Waals surface area contributed by atoms with Crippen molar-refractivity contribution in [3.05, 3.63) is 94.8 Å². The number of aliphatic carboxylic acids is 1. The third-order valence-electron chi connectivity index (χ3n) is 8.03. The number of carbonyl (C=O) groups excluding carboxylic acids is 1. The van der Waals surface area contributed by atoms with E-state index in [1.165, 1.54) is 11.1 Å². The van der Waals surface area contributed by atoms with Gasteiger partial charge in [0.15, 0.2) is 0 Å². The fourth-order valence-corrected chi connectivity index (χ4v) is 5.48. The Morgan fingerprint density at radius 1 is 0.976 bits per heavy atom. The van der Waals surface area contributed by atoms with E-state index in [0.717, 1.165) is 49.1 Å². The number of nitrogens with one attached hydrogen (secondary N) is 1. The second-order valence-electron chi connectivity index (χ2n) is 12.5. The van der Waals surface area contributed by atoms with Crippen molar-refractivity contribution >= 4 is 29.7 Å². The minimum Gasteiger partial charge on any atom is -0.481 e. The summed E-state index contributed by atoms with van der Waals surface area (Å²) in [5.74, 6) is -1.13. The van der Waals surface area contributed by atoms with Gasteiger partial charge in [-0.05, 0) is 84.6 Å².